The van der Waals surface area contributed by atoms with E-state index in [0.717, 1.165) is 21.5 Å². The molecule has 0 saturated carbocycles. The lowest BCUT2D eigenvalue weighted by atomic mass is 10.1. The number of halogens is 1. The highest BCUT2D eigenvalue weighted by Gasteiger charge is 2.11. The largest absolute Gasteiger partial charge is 0.507 e. The predicted molar refractivity (Wildman–Crippen MR) is 70.4 cm³/mol. The first kappa shape index (κ1) is 9.75. The number of benzene rings is 2. The number of phenols is 1. The van der Waals surface area contributed by atoms with Crippen LogP contribution in [0.25, 0.3) is 21.5 Å². The van der Waals surface area contributed by atoms with E-state index in [9.17, 15) is 5.11 Å². The minimum atomic E-state index is 0.216. The molecule has 0 unspecified atom stereocenters. The summed E-state index contributed by atoms with van der Waals surface area (Å²) in [7, 11) is 0. The molecule has 4 heteroatoms. The van der Waals surface area contributed by atoms with Crippen molar-refractivity contribution in [3.63, 3.8) is 0 Å². The predicted octanol–water partition coefficient (Wildman–Crippen LogP) is 4.00. The van der Waals surface area contributed by atoms with Crippen molar-refractivity contribution in [2.75, 3.05) is 5.73 Å². The molecule has 16 heavy (non-hydrogen) atoms. The quantitative estimate of drug-likeness (QED) is 0.633. The van der Waals surface area contributed by atoms with Gasteiger partial charge >= 0.3 is 0 Å². The van der Waals surface area contributed by atoms with E-state index in [1.807, 2.05) is 29.6 Å². The maximum absolute atomic E-state index is 10.2. The fraction of sp³-hybridized carbons (Fsp3) is 0. The first-order valence-electron chi connectivity index (χ1n) is 4.75. The zero-order valence-corrected chi connectivity index (χ0v) is 9.77. The van der Waals surface area contributed by atoms with Gasteiger partial charge in [0, 0.05) is 21.2 Å². The number of fused-ring (bicyclic) bond motifs is 2. The highest BCUT2D eigenvalue weighted by Crippen LogP contribution is 2.42. The van der Waals surface area contributed by atoms with E-state index >= 15 is 0 Å². The van der Waals surface area contributed by atoms with Crippen LogP contribution in [-0.4, -0.2) is 5.11 Å². The van der Waals surface area contributed by atoms with Crippen molar-refractivity contribution in [2.45, 2.75) is 0 Å². The van der Waals surface area contributed by atoms with E-state index in [-0.39, 0.29) is 5.75 Å². The highest BCUT2D eigenvalue weighted by atomic mass is 35.5. The van der Waals surface area contributed by atoms with Crippen LogP contribution in [0.2, 0.25) is 5.02 Å². The van der Waals surface area contributed by atoms with Crippen LogP contribution in [0.4, 0.5) is 5.00 Å². The monoisotopic (exact) mass is 249 g/mol. The summed E-state index contributed by atoms with van der Waals surface area (Å²) in [5.41, 5.74) is 5.83. The van der Waals surface area contributed by atoms with Crippen LogP contribution in [-0.2, 0) is 0 Å². The molecule has 0 saturated heterocycles. The van der Waals surface area contributed by atoms with Gasteiger partial charge in [0.25, 0.3) is 0 Å². The molecule has 2 nitrogen and oxygen atoms in total. The number of phenolic OH excluding ortho intramolecular Hbond substituents is 1. The van der Waals surface area contributed by atoms with Gasteiger partial charge in [-0.05, 0) is 17.5 Å². The number of thiophene rings is 1. The molecule has 0 aliphatic rings. The van der Waals surface area contributed by atoms with Crippen LogP contribution in [0.15, 0.2) is 29.6 Å². The van der Waals surface area contributed by atoms with Crippen LogP contribution in [0.1, 0.15) is 0 Å². The first-order valence-corrected chi connectivity index (χ1v) is 6.01. The SMILES string of the molecule is Nc1scc2cc3c(Cl)cccc3c(O)c12. The van der Waals surface area contributed by atoms with Crippen molar-refractivity contribution in [1.29, 1.82) is 0 Å². The normalized spacial score (nSPS) is 11.3. The number of nitrogens with two attached hydrogens (primary N) is 1. The third-order valence-corrected chi connectivity index (χ3v) is 3.85. The van der Waals surface area contributed by atoms with Crippen molar-refractivity contribution < 1.29 is 5.11 Å². The number of nitrogen functional groups attached to an aromatic ring is 1. The molecule has 0 bridgehead atoms. The molecule has 3 rings (SSSR count). The topological polar surface area (TPSA) is 46.2 Å². The number of hydrogen-bond donors (Lipinski definition) is 2. The van der Waals surface area contributed by atoms with Gasteiger partial charge in [-0.1, -0.05) is 23.7 Å². The van der Waals surface area contributed by atoms with E-state index in [1.165, 1.54) is 11.3 Å². The molecule has 1 heterocycles. The maximum atomic E-state index is 10.2. The summed E-state index contributed by atoms with van der Waals surface area (Å²) in [6, 6.07) is 7.43. The molecule has 0 amide bonds. The average molecular weight is 250 g/mol. The van der Waals surface area contributed by atoms with Crippen LogP contribution in [0.3, 0.4) is 0 Å². The Hall–Kier alpha value is -1.45. The zero-order valence-electron chi connectivity index (χ0n) is 8.20. The standard InChI is InChI=1S/C12H8ClNOS/c13-9-3-1-2-7-8(9)4-6-5-16-12(14)10(6)11(7)15/h1-5,15H,14H2. The fourth-order valence-electron chi connectivity index (χ4n) is 1.93. The fourth-order valence-corrected chi connectivity index (χ4v) is 2.93. The van der Waals surface area contributed by atoms with E-state index in [1.54, 1.807) is 0 Å². The van der Waals surface area contributed by atoms with Gasteiger partial charge in [-0.2, -0.15) is 0 Å². The minimum absolute atomic E-state index is 0.216. The van der Waals surface area contributed by atoms with Crippen molar-refractivity contribution in [2.24, 2.45) is 0 Å². The lowest BCUT2D eigenvalue weighted by Crippen LogP contribution is -1.82. The van der Waals surface area contributed by atoms with Gasteiger partial charge in [0.2, 0.25) is 0 Å². The van der Waals surface area contributed by atoms with E-state index in [0.29, 0.717) is 10.0 Å². The summed E-state index contributed by atoms with van der Waals surface area (Å²) >= 11 is 7.52. The van der Waals surface area contributed by atoms with Gasteiger partial charge in [0.05, 0.1) is 10.4 Å². The summed E-state index contributed by atoms with van der Waals surface area (Å²) in [6.45, 7) is 0. The third-order valence-electron chi connectivity index (χ3n) is 2.69. The molecule has 3 N–H and O–H groups in total. The molecule has 3 aromatic rings. The van der Waals surface area contributed by atoms with Gasteiger partial charge in [0.1, 0.15) is 5.75 Å². The van der Waals surface area contributed by atoms with Gasteiger partial charge in [0.15, 0.2) is 0 Å². The number of aromatic hydroxyl groups is 1. The Morgan fingerprint density at radius 2 is 2.06 bits per heavy atom. The molecule has 0 aliphatic heterocycles. The zero-order chi connectivity index (χ0) is 11.3. The lowest BCUT2D eigenvalue weighted by Gasteiger charge is -2.05. The molecule has 0 aliphatic carbocycles. The van der Waals surface area contributed by atoms with Crippen molar-refractivity contribution in [3.8, 4) is 5.75 Å². The molecule has 0 fully saturated rings. The first-order chi connectivity index (χ1) is 7.68. The Kier molecular flexibility index (Phi) is 1.99. The van der Waals surface area contributed by atoms with Gasteiger partial charge < -0.3 is 10.8 Å². The molecular formula is C12H8ClNOS. The van der Waals surface area contributed by atoms with Crippen molar-refractivity contribution in [3.05, 3.63) is 34.7 Å². The Morgan fingerprint density at radius 3 is 2.88 bits per heavy atom. The summed E-state index contributed by atoms with van der Waals surface area (Å²) in [6.07, 6.45) is 0. The second-order valence-electron chi connectivity index (χ2n) is 3.62. The van der Waals surface area contributed by atoms with E-state index in [2.05, 4.69) is 0 Å². The molecule has 0 radical (unpaired) electrons. The lowest BCUT2D eigenvalue weighted by molar-refractivity contribution is 0.488. The highest BCUT2D eigenvalue weighted by molar-refractivity contribution is 7.16. The molecule has 80 valence electrons. The third kappa shape index (κ3) is 1.19. The van der Waals surface area contributed by atoms with E-state index < -0.39 is 0 Å². The summed E-state index contributed by atoms with van der Waals surface area (Å²) < 4.78 is 0. The van der Waals surface area contributed by atoms with Crippen LogP contribution >= 0.6 is 22.9 Å². The molecule has 0 spiro atoms. The Balaban J connectivity index is 2.63. The Bertz CT molecular complexity index is 705. The van der Waals surface area contributed by atoms with Gasteiger partial charge in [-0.15, -0.1) is 11.3 Å². The van der Waals surface area contributed by atoms with Crippen molar-refractivity contribution in [1.82, 2.24) is 0 Å². The number of anilines is 1. The molecule has 1 aromatic heterocycles. The van der Waals surface area contributed by atoms with Crippen LogP contribution in [0.5, 0.6) is 5.75 Å². The Morgan fingerprint density at radius 1 is 1.25 bits per heavy atom. The second kappa shape index (κ2) is 3.27. The van der Waals surface area contributed by atoms with Gasteiger partial charge in [-0.3, -0.25) is 0 Å². The molecule has 0 atom stereocenters. The van der Waals surface area contributed by atoms with E-state index in [4.69, 9.17) is 17.3 Å². The average Bonchev–Trinajstić information content (AvgIpc) is 2.63. The minimum Gasteiger partial charge on any atom is -0.507 e. The summed E-state index contributed by atoms with van der Waals surface area (Å²) in [5.74, 6) is 0.216. The molecule has 2 aromatic carbocycles. The number of hydrogen-bond acceptors (Lipinski definition) is 3. The van der Waals surface area contributed by atoms with Crippen LogP contribution in [0, 0.1) is 0 Å². The van der Waals surface area contributed by atoms with Gasteiger partial charge in [-0.25, -0.2) is 0 Å². The summed E-state index contributed by atoms with van der Waals surface area (Å²) in [4.78, 5) is 0. The maximum Gasteiger partial charge on any atom is 0.134 e. The number of rotatable bonds is 0. The second-order valence-corrected chi connectivity index (χ2v) is 4.94. The van der Waals surface area contributed by atoms with Crippen LogP contribution < -0.4 is 5.73 Å². The Labute approximate surface area is 101 Å². The summed E-state index contributed by atoms with van der Waals surface area (Å²) in [5, 5.41) is 16.6. The molecular weight excluding hydrogens is 242 g/mol. The smallest absolute Gasteiger partial charge is 0.134 e. The van der Waals surface area contributed by atoms with Crippen molar-refractivity contribution >= 4 is 49.5 Å².